The predicted molar refractivity (Wildman–Crippen MR) is 129 cm³/mol. The number of amides is 2. The Labute approximate surface area is 206 Å². The van der Waals surface area contributed by atoms with Gasteiger partial charge in [-0.1, -0.05) is 71.8 Å². The van der Waals surface area contributed by atoms with Crippen molar-refractivity contribution in [3.05, 3.63) is 99.6 Å². The Balaban J connectivity index is 1.55. The highest BCUT2D eigenvalue weighted by Crippen LogP contribution is 2.57. The fraction of sp³-hybridized carbons (Fsp3) is 0.214. The number of hydrogen-bond acceptors (Lipinski definition) is 5. The molecule has 2 aliphatic heterocycles. The molecule has 174 valence electrons. The van der Waals surface area contributed by atoms with Crippen molar-refractivity contribution in [2.75, 3.05) is 4.90 Å². The van der Waals surface area contributed by atoms with E-state index in [4.69, 9.17) is 16.3 Å². The topological polar surface area (TPSA) is 80.8 Å². The van der Waals surface area contributed by atoms with Gasteiger partial charge in [-0.3, -0.25) is 19.2 Å². The van der Waals surface area contributed by atoms with Crippen LogP contribution in [-0.4, -0.2) is 29.0 Å². The minimum Gasteiger partial charge on any atom is -0.349 e. The average molecular weight is 486 g/mol. The van der Waals surface area contributed by atoms with E-state index in [-0.39, 0.29) is 11.1 Å². The van der Waals surface area contributed by atoms with Crippen LogP contribution in [0.3, 0.4) is 0 Å². The molecule has 2 amide bonds. The van der Waals surface area contributed by atoms with Crippen molar-refractivity contribution in [2.24, 2.45) is 11.8 Å². The first-order valence-electron chi connectivity index (χ1n) is 11.3. The van der Waals surface area contributed by atoms with Crippen LogP contribution in [0.1, 0.15) is 43.5 Å². The second kappa shape index (κ2) is 7.44. The molecule has 35 heavy (non-hydrogen) atoms. The number of halogens is 1. The van der Waals surface area contributed by atoms with Crippen LogP contribution in [-0.2, 0) is 14.3 Å². The summed E-state index contributed by atoms with van der Waals surface area (Å²) in [6.45, 7) is 3.72. The number of aryl methyl sites for hydroxylation is 2. The number of carbonyl (C=O) groups excluding carboxylic acids is 4. The third kappa shape index (κ3) is 2.81. The molecule has 1 aliphatic carbocycles. The summed E-state index contributed by atoms with van der Waals surface area (Å²) >= 11 is 6.30. The monoisotopic (exact) mass is 485 g/mol. The lowest BCUT2D eigenvalue weighted by Crippen LogP contribution is -2.51. The Kier molecular flexibility index (Phi) is 4.66. The van der Waals surface area contributed by atoms with E-state index in [2.05, 4.69) is 0 Å². The maximum Gasteiger partial charge on any atom is 0.241 e. The van der Waals surface area contributed by atoms with Crippen molar-refractivity contribution >= 4 is 40.7 Å². The Bertz CT molecular complexity index is 1440. The first-order chi connectivity index (χ1) is 16.8. The Morgan fingerprint density at radius 1 is 0.829 bits per heavy atom. The molecule has 0 aromatic heterocycles. The van der Waals surface area contributed by atoms with Crippen LogP contribution in [0.4, 0.5) is 5.69 Å². The van der Waals surface area contributed by atoms with Crippen LogP contribution in [0.25, 0.3) is 0 Å². The lowest BCUT2D eigenvalue weighted by atomic mass is 9.77. The van der Waals surface area contributed by atoms with Gasteiger partial charge in [-0.2, -0.15) is 0 Å². The van der Waals surface area contributed by atoms with E-state index in [1.807, 2.05) is 32.0 Å². The molecule has 3 aliphatic rings. The first kappa shape index (κ1) is 21.9. The Morgan fingerprint density at radius 3 is 2.14 bits per heavy atom. The van der Waals surface area contributed by atoms with E-state index in [0.717, 1.165) is 16.0 Å². The van der Waals surface area contributed by atoms with Gasteiger partial charge in [0.2, 0.25) is 29.0 Å². The van der Waals surface area contributed by atoms with E-state index in [1.165, 1.54) is 0 Å². The molecule has 2 fully saturated rings. The minimum absolute atomic E-state index is 0.207. The summed E-state index contributed by atoms with van der Waals surface area (Å²) in [5.41, 5.74) is 0.991. The van der Waals surface area contributed by atoms with Crippen molar-refractivity contribution in [1.82, 2.24) is 0 Å². The molecular formula is C28H20ClNO5. The summed E-state index contributed by atoms with van der Waals surface area (Å²) in [7, 11) is 0. The van der Waals surface area contributed by atoms with E-state index in [0.29, 0.717) is 16.3 Å². The second-order valence-electron chi connectivity index (χ2n) is 9.34. The normalized spacial score (nSPS) is 24.4. The molecule has 0 saturated carbocycles. The fourth-order valence-corrected chi connectivity index (χ4v) is 5.82. The number of hydrogen-bond donors (Lipinski definition) is 0. The SMILES string of the molecule is Cc1cccc([C@@H]2OC3(C(=O)c4ccccc4C3=O)[C@@H]3C(=O)N(c4ccc(C)c(Cl)c4)C(=O)[C@H]32)c1. The fourth-order valence-electron chi connectivity index (χ4n) is 5.64. The van der Waals surface area contributed by atoms with Crippen LogP contribution in [0.15, 0.2) is 66.7 Å². The molecule has 0 radical (unpaired) electrons. The van der Waals surface area contributed by atoms with Crippen molar-refractivity contribution in [2.45, 2.75) is 25.6 Å². The van der Waals surface area contributed by atoms with Crippen LogP contribution < -0.4 is 4.90 Å². The standard InChI is InChI=1S/C28H20ClNO5/c1-14-6-5-7-16(12-14)23-21-22(27(34)30(26(21)33)17-11-10-15(2)20(29)13-17)28(35-23)24(31)18-8-3-4-9-19(18)25(28)32/h3-13,21-23H,1-2H3/t21-,22+,23+/m1/s1. The summed E-state index contributed by atoms with van der Waals surface area (Å²) in [5, 5.41) is 0.404. The quantitative estimate of drug-likeness (QED) is 0.390. The Hall–Kier alpha value is -3.61. The Morgan fingerprint density at radius 2 is 1.51 bits per heavy atom. The third-order valence-electron chi connectivity index (χ3n) is 7.30. The molecule has 0 N–H and O–H groups in total. The largest absolute Gasteiger partial charge is 0.349 e. The van der Waals surface area contributed by atoms with Crippen LogP contribution >= 0.6 is 11.6 Å². The van der Waals surface area contributed by atoms with Crippen LogP contribution in [0.2, 0.25) is 5.02 Å². The highest BCUT2D eigenvalue weighted by atomic mass is 35.5. The summed E-state index contributed by atoms with van der Waals surface area (Å²) in [6.07, 6.45) is -0.940. The number of nitrogens with zero attached hydrogens (tertiary/aromatic N) is 1. The summed E-state index contributed by atoms with van der Waals surface area (Å²) in [4.78, 5) is 56.3. The smallest absolute Gasteiger partial charge is 0.241 e. The molecule has 1 spiro atoms. The van der Waals surface area contributed by atoms with Gasteiger partial charge in [-0.25, -0.2) is 4.90 Å². The number of anilines is 1. The van der Waals surface area contributed by atoms with Crippen LogP contribution in [0, 0.1) is 25.7 Å². The molecule has 3 aromatic carbocycles. The van der Waals surface area contributed by atoms with Gasteiger partial charge in [0.25, 0.3) is 0 Å². The number of ketones is 2. The van der Waals surface area contributed by atoms with Crippen molar-refractivity contribution in [3.63, 3.8) is 0 Å². The van der Waals surface area contributed by atoms with Gasteiger partial charge in [0, 0.05) is 16.1 Å². The van der Waals surface area contributed by atoms with Gasteiger partial charge < -0.3 is 4.74 Å². The van der Waals surface area contributed by atoms with E-state index in [1.54, 1.807) is 48.5 Å². The molecule has 6 nitrogen and oxygen atoms in total. The van der Waals surface area contributed by atoms with E-state index >= 15 is 0 Å². The molecular weight excluding hydrogens is 466 g/mol. The van der Waals surface area contributed by atoms with Gasteiger partial charge in [0.05, 0.1) is 23.6 Å². The molecule has 2 heterocycles. The molecule has 3 atom stereocenters. The number of benzene rings is 3. The third-order valence-corrected chi connectivity index (χ3v) is 7.71. The van der Waals surface area contributed by atoms with Gasteiger partial charge in [0.1, 0.15) is 0 Å². The number of Topliss-reactive ketones (excluding diaryl/α,β-unsaturated/α-hetero) is 2. The molecule has 6 rings (SSSR count). The van der Waals surface area contributed by atoms with Gasteiger partial charge in [-0.05, 0) is 37.1 Å². The predicted octanol–water partition coefficient (Wildman–Crippen LogP) is 4.65. The summed E-state index contributed by atoms with van der Waals surface area (Å²) in [5.74, 6) is -4.62. The van der Waals surface area contributed by atoms with E-state index < -0.39 is 46.9 Å². The number of carbonyl (C=O) groups is 4. The van der Waals surface area contributed by atoms with Gasteiger partial charge >= 0.3 is 0 Å². The maximum absolute atomic E-state index is 13.9. The molecule has 3 aromatic rings. The lowest BCUT2D eigenvalue weighted by Gasteiger charge is -2.27. The first-order valence-corrected chi connectivity index (χ1v) is 11.7. The molecule has 7 heteroatoms. The highest BCUT2D eigenvalue weighted by Gasteiger charge is 2.74. The van der Waals surface area contributed by atoms with Crippen LogP contribution in [0.5, 0.6) is 0 Å². The zero-order chi connectivity index (χ0) is 24.6. The summed E-state index contributed by atoms with van der Waals surface area (Å²) in [6, 6.07) is 18.7. The highest BCUT2D eigenvalue weighted by molar-refractivity contribution is 6.37. The lowest BCUT2D eigenvalue weighted by molar-refractivity contribution is -0.127. The summed E-state index contributed by atoms with van der Waals surface area (Å²) < 4.78 is 6.30. The van der Waals surface area contributed by atoms with Crippen molar-refractivity contribution in [3.8, 4) is 0 Å². The molecule has 2 saturated heterocycles. The second-order valence-corrected chi connectivity index (χ2v) is 9.75. The maximum atomic E-state index is 13.9. The molecule has 0 bridgehead atoms. The van der Waals surface area contributed by atoms with Crippen molar-refractivity contribution < 1.29 is 23.9 Å². The zero-order valence-electron chi connectivity index (χ0n) is 18.9. The van der Waals surface area contributed by atoms with E-state index in [9.17, 15) is 19.2 Å². The number of imide groups is 1. The average Bonchev–Trinajstić information content (AvgIpc) is 3.41. The minimum atomic E-state index is -2.08. The zero-order valence-corrected chi connectivity index (χ0v) is 19.7. The van der Waals surface area contributed by atoms with Gasteiger partial charge in [-0.15, -0.1) is 0 Å². The molecule has 0 unspecified atom stereocenters. The number of rotatable bonds is 2. The van der Waals surface area contributed by atoms with Gasteiger partial charge in [0.15, 0.2) is 0 Å². The number of ether oxygens (including phenoxy) is 1. The van der Waals surface area contributed by atoms with Crippen molar-refractivity contribution in [1.29, 1.82) is 0 Å². The number of fused-ring (bicyclic) bond motifs is 3.